The van der Waals surface area contributed by atoms with Crippen molar-refractivity contribution in [3.8, 4) is 0 Å². The number of ketones is 1. The van der Waals surface area contributed by atoms with E-state index >= 15 is 0 Å². The van der Waals surface area contributed by atoms with E-state index in [-0.39, 0.29) is 11.2 Å². The molecule has 0 saturated carbocycles. The largest absolute Gasteiger partial charge is 0.300 e. The zero-order valence-electron chi connectivity index (χ0n) is 10.3. The highest BCUT2D eigenvalue weighted by atomic mass is 16.1. The number of rotatable bonds is 2. The molecule has 0 bridgehead atoms. The zero-order valence-corrected chi connectivity index (χ0v) is 10.3. The molecule has 0 aliphatic rings. The van der Waals surface area contributed by atoms with Crippen molar-refractivity contribution >= 4 is 5.78 Å². The summed E-state index contributed by atoms with van der Waals surface area (Å²) in [6.07, 6.45) is 0.548. The highest BCUT2D eigenvalue weighted by molar-refractivity contribution is 5.78. The second kappa shape index (κ2) is 4.18. The van der Waals surface area contributed by atoms with E-state index in [0.29, 0.717) is 6.42 Å². The highest BCUT2D eigenvalue weighted by Crippen LogP contribution is 2.27. The van der Waals surface area contributed by atoms with E-state index < -0.39 is 0 Å². The molecular formula is C14H20O. The van der Waals surface area contributed by atoms with E-state index in [9.17, 15) is 4.79 Å². The quantitative estimate of drug-likeness (QED) is 0.721. The van der Waals surface area contributed by atoms with Crippen LogP contribution in [0.25, 0.3) is 0 Å². The van der Waals surface area contributed by atoms with Gasteiger partial charge in [-0.25, -0.2) is 0 Å². The maximum Gasteiger partial charge on any atom is 0.134 e. The topological polar surface area (TPSA) is 17.1 Å². The van der Waals surface area contributed by atoms with Crippen molar-refractivity contribution in [3.63, 3.8) is 0 Å². The van der Waals surface area contributed by atoms with Crippen LogP contribution in [0, 0.1) is 6.92 Å². The standard InChI is InChI=1S/C14H20O/c1-10-6-7-12(9-11(2)15)13(8-10)14(3,4)5/h6-8H,9H2,1-5H3. The lowest BCUT2D eigenvalue weighted by Gasteiger charge is -2.23. The molecule has 0 saturated heterocycles. The molecule has 1 rings (SSSR count). The Morgan fingerprint density at radius 2 is 1.87 bits per heavy atom. The Hall–Kier alpha value is -1.11. The first-order chi connectivity index (χ1) is 6.80. The van der Waals surface area contributed by atoms with Crippen LogP contribution in [0.15, 0.2) is 18.2 Å². The predicted molar refractivity (Wildman–Crippen MR) is 64.3 cm³/mol. The van der Waals surface area contributed by atoms with Gasteiger partial charge in [0.1, 0.15) is 5.78 Å². The Morgan fingerprint density at radius 1 is 1.27 bits per heavy atom. The molecule has 1 nitrogen and oxygen atoms in total. The Morgan fingerprint density at radius 3 is 2.33 bits per heavy atom. The minimum atomic E-state index is 0.108. The molecule has 0 atom stereocenters. The third-order valence-electron chi connectivity index (χ3n) is 2.51. The lowest BCUT2D eigenvalue weighted by Crippen LogP contribution is -2.15. The molecule has 0 aliphatic carbocycles. The lowest BCUT2D eigenvalue weighted by atomic mass is 9.82. The molecule has 0 unspecified atom stereocenters. The molecule has 0 aromatic heterocycles. The maximum atomic E-state index is 11.2. The van der Waals surface area contributed by atoms with Gasteiger partial charge in [-0.2, -0.15) is 0 Å². The van der Waals surface area contributed by atoms with Gasteiger partial charge in [0.05, 0.1) is 0 Å². The van der Waals surface area contributed by atoms with Crippen molar-refractivity contribution < 1.29 is 4.79 Å². The van der Waals surface area contributed by atoms with E-state index in [4.69, 9.17) is 0 Å². The fourth-order valence-corrected chi connectivity index (χ4v) is 1.81. The molecular weight excluding hydrogens is 184 g/mol. The number of benzene rings is 1. The summed E-state index contributed by atoms with van der Waals surface area (Å²) in [5, 5.41) is 0. The predicted octanol–water partition coefficient (Wildman–Crippen LogP) is 3.42. The summed E-state index contributed by atoms with van der Waals surface area (Å²) in [7, 11) is 0. The van der Waals surface area contributed by atoms with Crippen LogP contribution in [0.2, 0.25) is 0 Å². The van der Waals surface area contributed by atoms with E-state index in [2.05, 4.69) is 45.9 Å². The second-order valence-electron chi connectivity index (χ2n) is 5.29. The highest BCUT2D eigenvalue weighted by Gasteiger charge is 2.18. The van der Waals surface area contributed by atoms with Gasteiger partial charge in [-0.05, 0) is 30.4 Å². The molecule has 1 heteroatoms. The molecule has 1 aromatic carbocycles. The summed E-state index contributed by atoms with van der Waals surface area (Å²) in [5.74, 6) is 0.226. The molecule has 82 valence electrons. The SMILES string of the molecule is CC(=O)Cc1ccc(C)cc1C(C)(C)C. The molecule has 1 aromatic rings. The van der Waals surface area contributed by atoms with Crippen LogP contribution in [-0.2, 0) is 16.6 Å². The Bertz CT molecular complexity index is 369. The van der Waals surface area contributed by atoms with E-state index in [1.165, 1.54) is 16.7 Å². The first-order valence-corrected chi connectivity index (χ1v) is 5.40. The van der Waals surface area contributed by atoms with Crippen molar-refractivity contribution in [2.75, 3.05) is 0 Å². The summed E-state index contributed by atoms with van der Waals surface area (Å²) in [6.45, 7) is 10.3. The fraction of sp³-hybridized carbons (Fsp3) is 0.500. The van der Waals surface area contributed by atoms with Crippen LogP contribution in [-0.4, -0.2) is 5.78 Å². The van der Waals surface area contributed by atoms with Gasteiger partial charge in [-0.3, -0.25) is 4.79 Å². The summed E-state index contributed by atoms with van der Waals surface area (Å²) in [4.78, 5) is 11.2. The number of carbonyl (C=O) groups is 1. The van der Waals surface area contributed by atoms with Crippen molar-refractivity contribution in [1.29, 1.82) is 0 Å². The first kappa shape index (κ1) is 12.0. The van der Waals surface area contributed by atoms with Crippen LogP contribution in [0.4, 0.5) is 0 Å². The van der Waals surface area contributed by atoms with Gasteiger partial charge in [0.15, 0.2) is 0 Å². The van der Waals surface area contributed by atoms with Gasteiger partial charge < -0.3 is 0 Å². The molecule has 0 N–H and O–H groups in total. The summed E-state index contributed by atoms with van der Waals surface area (Å²) in [6, 6.07) is 6.35. The molecule has 0 heterocycles. The normalized spacial score (nSPS) is 11.5. The molecule has 15 heavy (non-hydrogen) atoms. The minimum Gasteiger partial charge on any atom is -0.300 e. The van der Waals surface area contributed by atoms with Gasteiger partial charge in [0, 0.05) is 6.42 Å². The van der Waals surface area contributed by atoms with Gasteiger partial charge in [0.2, 0.25) is 0 Å². The van der Waals surface area contributed by atoms with Crippen LogP contribution < -0.4 is 0 Å². The molecule has 0 amide bonds. The lowest BCUT2D eigenvalue weighted by molar-refractivity contribution is -0.116. The summed E-state index contributed by atoms with van der Waals surface area (Å²) < 4.78 is 0. The monoisotopic (exact) mass is 204 g/mol. The summed E-state index contributed by atoms with van der Waals surface area (Å²) >= 11 is 0. The minimum absolute atomic E-state index is 0.108. The zero-order chi connectivity index (χ0) is 11.6. The van der Waals surface area contributed by atoms with Crippen molar-refractivity contribution in [1.82, 2.24) is 0 Å². The van der Waals surface area contributed by atoms with E-state index in [1.54, 1.807) is 6.92 Å². The fourth-order valence-electron chi connectivity index (χ4n) is 1.81. The van der Waals surface area contributed by atoms with Gasteiger partial charge in [-0.15, -0.1) is 0 Å². The smallest absolute Gasteiger partial charge is 0.134 e. The van der Waals surface area contributed by atoms with Crippen LogP contribution in [0.1, 0.15) is 44.4 Å². The Balaban J connectivity index is 3.20. The molecule has 0 spiro atoms. The number of aryl methyl sites for hydroxylation is 1. The van der Waals surface area contributed by atoms with E-state index in [0.717, 1.165) is 0 Å². The number of hydrogen-bond donors (Lipinski definition) is 0. The average molecular weight is 204 g/mol. The Kier molecular flexibility index (Phi) is 3.33. The third kappa shape index (κ3) is 3.19. The first-order valence-electron chi connectivity index (χ1n) is 5.40. The average Bonchev–Trinajstić information content (AvgIpc) is 2.05. The summed E-state index contributed by atoms with van der Waals surface area (Å²) in [5.41, 5.74) is 3.82. The van der Waals surface area contributed by atoms with Gasteiger partial charge in [0.25, 0.3) is 0 Å². The van der Waals surface area contributed by atoms with Crippen LogP contribution in [0.3, 0.4) is 0 Å². The van der Waals surface area contributed by atoms with Gasteiger partial charge >= 0.3 is 0 Å². The molecule has 0 fully saturated rings. The van der Waals surface area contributed by atoms with Crippen molar-refractivity contribution in [3.05, 3.63) is 34.9 Å². The molecule has 0 aliphatic heterocycles. The van der Waals surface area contributed by atoms with Crippen molar-refractivity contribution in [2.24, 2.45) is 0 Å². The number of Topliss-reactive ketones (excluding diaryl/α,β-unsaturated/α-hetero) is 1. The van der Waals surface area contributed by atoms with E-state index in [1.807, 2.05) is 0 Å². The maximum absolute atomic E-state index is 11.2. The second-order valence-corrected chi connectivity index (χ2v) is 5.29. The van der Waals surface area contributed by atoms with Crippen LogP contribution in [0.5, 0.6) is 0 Å². The number of hydrogen-bond acceptors (Lipinski definition) is 1. The number of carbonyl (C=O) groups excluding carboxylic acids is 1. The van der Waals surface area contributed by atoms with Crippen molar-refractivity contribution in [2.45, 2.75) is 46.5 Å². The van der Waals surface area contributed by atoms with Gasteiger partial charge in [-0.1, -0.05) is 44.5 Å². The van der Waals surface area contributed by atoms with Crippen LogP contribution >= 0.6 is 0 Å². The Labute approximate surface area is 92.5 Å². The third-order valence-corrected chi connectivity index (χ3v) is 2.51. The molecule has 0 radical (unpaired) electrons.